The third kappa shape index (κ3) is 5.06. The molecule has 5 heterocycles. The van der Waals surface area contributed by atoms with Gasteiger partial charge < -0.3 is 29.8 Å². The van der Waals surface area contributed by atoms with Crippen molar-refractivity contribution in [1.82, 2.24) is 34.5 Å². The number of aromatic nitrogens is 4. The number of rotatable bonds is 5. The zero-order chi connectivity index (χ0) is 25.4. The Labute approximate surface area is 211 Å². The van der Waals surface area contributed by atoms with E-state index in [0.29, 0.717) is 13.1 Å². The Balaban J connectivity index is 1.37. The minimum atomic E-state index is -0.246. The number of aromatic amines is 1. The number of hydrogen-bond donors (Lipinski definition) is 3. The number of nitrogens with zero attached hydrogens (tertiary/aromatic N) is 5. The van der Waals surface area contributed by atoms with Crippen molar-refractivity contribution in [2.45, 2.75) is 39.3 Å². The van der Waals surface area contributed by atoms with Gasteiger partial charge in [-0.05, 0) is 71.1 Å². The molecule has 36 heavy (non-hydrogen) atoms. The second kappa shape index (κ2) is 9.31. The van der Waals surface area contributed by atoms with Crippen LogP contribution >= 0.6 is 0 Å². The molecule has 3 N–H and O–H groups in total. The van der Waals surface area contributed by atoms with E-state index in [9.17, 15) is 4.79 Å². The van der Waals surface area contributed by atoms with Gasteiger partial charge in [-0.25, -0.2) is 14.8 Å². The Morgan fingerprint density at radius 2 is 2.03 bits per heavy atom. The van der Waals surface area contributed by atoms with Gasteiger partial charge in [-0.2, -0.15) is 0 Å². The molecule has 188 valence electrons. The molecule has 2 amide bonds. The van der Waals surface area contributed by atoms with Crippen LogP contribution in [0.2, 0.25) is 0 Å². The van der Waals surface area contributed by atoms with Gasteiger partial charge in [0.1, 0.15) is 11.3 Å². The van der Waals surface area contributed by atoms with Crippen LogP contribution in [0.4, 0.5) is 16.2 Å². The predicted octanol–water partition coefficient (Wildman–Crippen LogP) is 4.61. The number of carbonyl (C=O) groups excluding carboxylic acids is 1. The standard InChI is InChI=1S/C27H34N8O/c1-27(2,3)32-26(36)34-12-9-18(10-13-34)23-14-21-22(8-11-28-25(21)31-23)30-19-6-7-24-29-15-20(17-33(4)5)35(24)16-19/h6-9,11,14-16H,10,12-13,17H2,1-5H3,(H,32,36)(H2,28,30,31). The van der Waals surface area contributed by atoms with Crippen LogP contribution in [0.25, 0.3) is 22.3 Å². The van der Waals surface area contributed by atoms with Gasteiger partial charge in [0.2, 0.25) is 0 Å². The van der Waals surface area contributed by atoms with Gasteiger partial charge in [-0.15, -0.1) is 0 Å². The predicted molar refractivity (Wildman–Crippen MR) is 144 cm³/mol. The van der Waals surface area contributed by atoms with Gasteiger partial charge in [0.05, 0.1) is 23.3 Å². The van der Waals surface area contributed by atoms with Gasteiger partial charge in [-0.1, -0.05) is 6.08 Å². The maximum Gasteiger partial charge on any atom is 0.318 e. The van der Waals surface area contributed by atoms with E-state index in [4.69, 9.17) is 0 Å². The largest absolute Gasteiger partial charge is 0.354 e. The van der Waals surface area contributed by atoms with E-state index in [2.05, 4.69) is 67.3 Å². The minimum Gasteiger partial charge on any atom is -0.354 e. The molecule has 9 heteroatoms. The van der Waals surface area contributed by atoms with Gasteiger partial charge in [0, 0.05) is 48.6 Å². The van der Waals surface area contributed by atoms with E-state index in [1.807, 2.05) is 56.3 Å². The Kier molecular flexibility index (Phi) is 6.17. The lowest BCUT2D eigenvalue weighted by molar-refractivity contribution is 0.193. The molecule has 5 rings (SSSR count). The first kappa shape index (κ1) is 23.9. The van der Waals surface area contributed by atoms with E-state index in [1.165, 1.54) is 5.57 Å². The topological polar surface area (TPSA) is 93.6 Å². The van der Waals surface area contributed by atoms with Gasteiger partial charge in [0.25, 0.3) is 0 Å². The average molecular weight is 487 g/mol. The number of urea groups is 1. The second-order valence-corrected chi connectivity index (χ2v) is 10.7. The summed E-state index contributed by atoms with van der Waals surface area (Å²) in [4.78, 5) is 29.0. The van der Waals surface area contributed by atoms with E-state index < -0.39 is 0 Å². The molecule has 0 aromatic carbocycles. The molecule has 0 unspecified atom stereocenters. The number of amides is 2. The monoisotopic (exact) mass is 486 g/mol. The summed E-state index contributed by atoms with van der Waals surface area (Å²) in [5.41, 5.74) is 6.86. The summed E-state index contributed by atoms with van der Waals surface area (Å²) in [7, 11) is 4.11. The fourth-order valence-corrected chi connectivity index (χ4v) is 4.51. The summed E-state index contributed by atoms with van der Waals surface area (Å²) < 4.78 is 2.12. The van der Waals surface area contributed by atoms with Crippen molar-refractivity contribution in [3.05, 3.63) is 60.3 Å². The van der Waals surface area contributed by atoms with Crippen molar-refractivity contribution >= 4 is 39.7 Å². The first-order valence-electron chi connectivity index (χ1n) is 12.3. The highest BCUT2D eigenvalue weighted by Crippen LogP contribution is 2.30. The Hall–Kier alpha value is -3.85. The molecule has 0 bridgehead atoms. The minimum absolute atomic E-state index is 0.0220. The van der Waals surface area contributed by atoms with Crippen molar-refractivity contribution in [3.8, 4) is 0 Å². The van der Waals surface area contributed by atoms with Gasteiger partial charge in [0.15, 0.2) is 0 Å². The summed E-state index contributed by atoms with van der Waals surface area (Å²) in [6.07, 6.45) is 8.74. The number of nitrogens with one attached hydrogen (secondary N) is 3. The fourth-order valence-electron chi connectivity index (χ4n) is 4.51. The lowest BCUT2D eigenvalue weighted by atomic mass is 10.0. The number of pyridine rings is 2. The Bertz CT molecular complexity index is 1440. The molecule has 0 aliphatic carbocycles. The number of hydrogen-bond acceptors (Lipinski definition) is 5. The first-order chi connectivity index (χ1) is 17.2. The molecular weight excluding hydrogens is 452 g/mol. The lowest BCUT2D eigenvalue weighted by Gasteiger charge is -2.30. The van der Waals surface area contributed by atoms with Gasteiger partial charge in [-0.3, -0.25) is 0 Å². The Morgan fingerprint density at radius 1 is 1.19 bits per heavy atom. The molecule has 0 radical (unpaired) electrons. The summed E-state index contributed by atoms with van der Waals surface area (Å²) in [6.45, 7) is 8.07. The zero-order valence-electron chi connectivity index (χ0n) is 21.6. The third-order valence-electron chi connectivity index (χ3n) is 6.20. The van der Waals surface area contributed by atoms with Crippen LogP contribution in [0.3, 0.4) is 0 Å². The molecule has 1 aliphatic heterocycles. The maximum absolute atomic E-state index is 12.5. The highest BCUT2D eigenvalue weighted by Gasteiger charge is 2.22. The van der Waals surface area contributed by atoms with Crippen LogP contribution in [0.1, 0.15) is 38.6 Å². The molecular formula is C27H34N8O. The average Bonchev–Trinajstić information content (AvgIpc) is 3.43. The number of imidazole rings is 1. The van der Waals surface area contributed by atoms with Crippen LogP contribution in [-0.2, 0) is 6.54 Å². The molecule has 0 spiro atoms. The number of fused-ring (bicyclic) bond motifs is 2. The number of H-pyrrole nitrogens is 1. The summed E-state index contributed by atoms with van der Waals surface area (Å²) in [5, 5.41) is 7.64. The maximum atomic E-state index is 12.5. The van der Waals surface area contributed by atoms with Crippen molar-refractivity contribution in [1.29, 1.82) is 0 Å². The quantitative estimate of drug-likeness (QED) is 0.383. The van der Waals surface area contributed by atoms with Crippen molar-refractivity contribution in [2.24, 2.45) is 0 Å². The van der Waals surface area contributed by atoms with E-state index in [1.54, 1.807) is 0 Å². The van der Waals surface area contributed by atoms with E-state index >= 15 is 0 Å². The zero-order valence-corrected chi connectivity index (χ0v) is 21.6. The molecule has 4 aromatic rings. The molecule has 9 nitrogen and oxygen atoms in total. The number of carbonyl (C=O) groups is 1. The highest BCUT2D eigenvalue weighted by atomic mass is 16.2. The second-order valence-electron chi connectivity index (χ2n) is 10.7. The SMILES string of the molecule is CN(C)Cc1cnc2ccc(Nc3ccnc4[nH]c(C5=CCN(C(=O)NC(C)(C)C)CC5)cc34)cn12. The molecule has 1 aliphatic rings. The third-order valence-corrected chi connectivity index (χ3v) is 6.20. The van der Waals surface area contributed by atoms with Crippen LogP contribution in [0, 0.1) is 0 Å². The van der Waals surface area contributed by atoms with Crippen molar-refractivity contribution < 1.29 is 4.79 Å². The summed E-state index contributed by atoms with van der Waals surface area (Å²) >= 11 is 0. The molecule has 0 fully saturated rings. The summed E-state index contributed by atoms with van der Waals surface area (Å²) in [5.74, 6) is 0. The summed E-state index contributed by atoms with van der Waals surface area (Å²) in [6, 6.07) is 8.19. The van der Waals surface area contributed by atoms with Crippen molar-refractivity contribution in [3.63, 3.8) is 0 Å². The van der Waals surface area contributed by atoms with Crippen molar-refractivity contribution in [2.75, 3.05) is 32.5 Å². The molecule has 0 saturated heterocycles. The molecule has 0 saturated carbocycles. The Morgan fingerprint density at radius 3 is 2.75 bits per heavy atom. The van der Waals surface area contributed by atoms with E-state index in [-0.39, 0.29) is 11.6 Å². The first-order valence-corrected chi connectivity index (χ1v) is 12.3. The molecule has 0 atom stereocenters. The van der Waals surface area contributed by atoms with Crippen LogP contribution in [0.15, 0.2) is 48.9 Å². The number of anilines is 2. The van der Waals surface area contributed by atoms with Gasteiger partial charge >= 0.3 is 6.03 Å². The van der Waals surface area contributed by atoms with Crippen LogP contribution in [-0.4, -0.2) is 67.9 Å². The van der Waals surface area contributed by atoms with E-state index in [0.717, 1.165) is 52.4 Å². The van der Waals surface area contributed by atoms with Crippen LogP contribution < -0.4 is 10.6 Å². The highest BCUT2D eigenvalue weighted by molar-refractivity contribution is 5.94. The normalized spacial score (nSPS) is 14.5. The smallest absolute Gasteiger partial charge is 0.318 e. The lowest BCUT2D eigenvalue weighted by Crippen LogP contribution is -2.49. The molecule has 4 aromatic heterocycles. The fraction of sp³-hybridized carbons (Fsp3) is 0.370. The van der Waals surface area contributed by atoms with Crippen LogP contribution in [0.5, 0.6) is 0 Å².